The highest BCUT2D eigenvalue weighted by atomic mass is 32.1. The summed E-state index contributed by atoms with van der Waals surface area (Å²) in [5.74, 6) is 0.329. The van der Waals surface area contributed by atoms with Gasteiger partial charge >= 0.3 is 5.97 Å². The number of nitrogens with zero attached hydrogens (tertiary/aromatic N) is 1. The smallest absolute Gasteiger partial charge is 0.337 e. The average molecular weight is 439 g/mol. The number of hydrogen-bond acceptors (Lipinski definition) is 6. The molecule has 0 aliphatic heterocycles. The topological polar surface area (TPSA) is 77.5 Å². The van der Waals surface area contributed by atoms with E-state index in [-0.39, 0.29) is 17.8 Å². The fraction of sp³-hybridized carbons (Fsp3) is 0.292. The molecule has 0 unspecified atom stereocenters. The third-order valence-electron chi connectivity index (χ3n) is 5.02. The van der Waals surface area contributed by atoms with E-state index in [9.17, 15) is 9.59 Å². The molecule has 1 amide bonds. The molecule has 2 aromatic carbocycles. The van der Waals surface area contributed by atoms with Gasteiger partial charge < -0.3 is 14.8 Å². The molecule has 0 aliphatic carbocycles. The van der Waals surface area contributed by atoms with E-state index < -0.39 is 0 Å². The van der Waals surface area contributed by atoms with Gasteiger partial charge in [0, 0.05) is 16.9 Å². The highest BCUT2D eigenvalue weighted by Crippen LogP contribution is 2.33. The monoisotopic (exact) mass is 438 g/mol. The van der Waals surface area contributed by atoms with Gasteiger partial charge in [0.25, 0.3) is 0 Å². The average Bonchev–Trinajstić information content (AvgIpc) is 3.26. The van der Waals surface area contributed by atoms with Crippen LogP contribution in [-0.2, 0) is 16.1 Å². The van der Waals surface area contributed by atoms with Crippen molar-refractivity contribution in [2.45, 2.75) is 33.3 Å². The number of thiazole rings is 1. The van der Waals surface area contributed by atoms with E-state index in [4.69, 9.17) is 9.47 Å². The summed E-state index contributed by atoms with van der Waals surface area (Å²) in [5.41, 5.74) is 3.03. The number of carbonyl (C=O) groups is 2. The van der Waals surface area contributed by atoms with Crippen molar-refractivity contribution in [2.24, 2.45) is 5.92 Å². The van der Waals surface area contributed by atoms with Gasteiger partial charge in [0.2, 0.25) is 5.91 Å². The summed E-state index contributed by atoms with van der Waals surface area (Å²) in [6, 6.07) is 14.8. The van der Waals surface area contributed by atoms with Crippen molar-refractivity contribution in [3.63, 3.8) is 0 Å². The number of benzene rings is 2. The molecule has 1 aromatic heterocycles. The molecule has 7 heteroatoms. The van der Waals surface area contributed by atoms with Gasteiger partial charge in [0.05, 0.1) is 18.4 Å². The molecule has 0 spiro atoms. The van der Waals surface area contributed by atoms with E-state index >= 15 is 0 Å². The van der Waals surface area contributed by atoms with Gasteiger partial charge in [-0.1, -0.05) is 38.1 Å². The van der Waals surface area contributed by atoms with Gasteiger partial charge in [-0.3, -0.25) is 4.79 Å². The molecule has 0 bridgehead atoms. The second-order valence-electron chi connectivity index (χ2n) is 7.01. The lowest BCUT2D eigenvalue weighted by atomic mass is 10.0. The number of esters is 1. The van der Waals surface area contributed by atoms with Crippen LogP contribution in [0.2, 0.25) is 0 Å². The molecule has 6 nitrogen and oxygen atoms in total. The molecule has 1 N–H and O–H groups in total. The van der Waals surface area contributed by atoms with Gasteiger partial charge in [-0.25, -0.2) is 9.78 Å². The van der Waals surface area contributed by atoms with Gasteiger partial charge in [0.15, 0.2) is 5.13 Å². The van der Waals surface area contributed by atoms with E-state index in [1.165, 1.54) is 18.4 Å². The van der Waals surface area contributed by atoms with Crippen LogP contribution in [0.1, 0.15) is 42.6 Å². The maximum atomic E-state index is 12.3. The van der Waals surface area contributed by atoms with Gasteiger partial charge in [-0.15, -0.1) is 11.3 Å². The third kappa shape index (κ3) is 5.70. The van der Waals surface area contributed by atoms with Crippen LogP contribution in [0.5, 0.6) is 5.75 Å². The number of amides is 1. The van der Waals surface area contributed by atoms with E-state index in [2.05, 4.69) is 10.3 Å². The summed E-state index contributed by atoms with van der Waals surface area (Å²) >= 11 is 1.40. The Morgan fingerprint density at radius 1 is 1.06 bits per heavy atom. The molecule has 0 aliphatic rings. The summed E-state index contributed by atoms with van der Waals surface area (Å²) in [6.45, 7) is 4.37. The van der Waals surface area contributed by atoms with Crippen molar-refractivity contribution in [1.29, 1.82) is 0 Å². The number of ether oxygens (including phenoxy) is 2. The van der Waals surface area contributed by atoms with Crippen LogP contribution in [0.3, 0.4) is 0 Å². The third-order valence-corrected chi connectivity index (χ3v) is 5.78. The minimum absolute atomic E-state index is 0.00540. The molecule has 3 aromatic rings. The van der Waals surface area contributed by atoms with Crippen LogP contribution < -0.4 is 10.1 Å². The number of rotatable bonds is 9. The van der Waals surface area contributed by atoms with E-state index in [1.807, 2.05) is 55.6 Å². The Hall–Kier alpha value is -3.19. The first-order chi connectivity index (χ1) is 15.0. The minimum Gasteiger partial charge on any atom is -0.488 e. The number of anilines is 1. The molecular formula is C24H26N2O4S. The van der Waals surface area contributed by atoms with Crippen molar-refractivity contribution < 1.29 is 19.1 Å². The Bertz CT molecular complexity index is 1030. The molecule has 0 saturated heterocycles. The molecule has 0 fully saturated rings. The molecule has 3 rings (SSSR count). The molecule has 0 radical (unpaired) electrons. The number of methoxy groups -OCH3 is 1. The quantitative estimate of drug-likeness (QED) is 0.443. The lowest BCUT2D eigenvalue weighted by Gasteiger charge is -2.11. The Labute approximate surface area is 186 Å². The first kappa shape index (κ1) is 22.5. The second-order valence-corrected chi connectivity index (χ2v) is 7.87. The summed E-state index contributed by atoms with van der Waals surface area (Å²) in [5, 5.41) is 5.42. The SMILES string of the molecule is CCC(CC)C(=O)Nc1nc(-c2ccccc2OCc2ccc(C(=O)OC)cc2)cs1. The van der Waals surface area contributed by atoms with Crippen LogP contribution in [0.15, 0.2) is 53.9 Å². The number of hydrogen-bond donors (Lipinski definition) is 1. The van der Waals surface area contributed by atoms with Crippen LogP contribution >= 0.6 is 11.3 Å². The molecule has 162 valence electrons. The Balaban J connectivity index is 1.70. The Morgan fingerprint density at radius 3 is 2.45 bits per heavy atom. The van der Waals surface area contributed by atoms with E-state index in [0.717, 1.165) is 29.7 Å². The summed E-state index contributed by atoms with van der Waals surface area (Å²) in [6.07, 6.45) is 1.61. The first-order valence-electron chi connectivity index (χ1n) is 10.2. The van der Waals surface area contributed by atoms with Gasteiger partial charge in [0.1, 0.15) is 12.4 Å². The molecule has 1 heterocycles. The predicted molar refractivity (Wildman–Crippen MR) is 122 cm³/mol. The van der Waals surface area contributed by atoms with E-state index in [1.54, 1.807) is 12.1 Å². The van der Waals surface area contributed by atoms with Crippen molar-refractivity contribution in [1.82, 2.24) is 4.98 Å². The fourth-order valence-electron chi connectivity index (χ4n) is 3.14. The Kier molecular flexibility index (Phi) is 7.78. The van der Waals surface area contributed by atoms with Crippen molar-refractivity contribution in [3.05, 3.63) is 65.0 Å². The van der Waals surface area contributed by atoms with Crippen LogP contribution in [0, 0.1) is 5.92 Å². The molecule has 0 atom stereocenters. The summed E-state index contributed by atoms with van der Waals surface area (Å²) in [4.78, 5) is 28.5. The largest absolute Gasteiger partial charge is 0.488 e. The zero-order chi connectivity index (χ0) is 22.2. The highest BCUT2D eigenvalue weighted by Gasteiger charge is 2.17. The maximum absolute atomic E-state index is 12.3. The van der Waals surface area contributed by atoms with Crippen LogP contribution in [0.4, 0.5) is 5.13 Å². The lowest BCUT2D eigenvalue weighted by Crippen LogP contribution is -2.21. The van der Waals surface area contributed by atoms with Crippen LogP contribution in [0.25, 0.3) is 11.3 Å². The highest BCUT2D eigenvalue weighted by molar-refractivity contribution is 7.14. The van der Waals surface area contributed by atoms with Gasteiger partial charge in [-0.2, -0.15) is 0 Å². The van der Waals surface area contributed by atoms with Crippen molar-refractivity contribution in [3.8, 4) is 17.0 Å². The minimum atomic E-state index is -0.367. The fourth-order valence-corrected chi connectivity index (χ4v) is 3.86. The normalized spacial score (nSPS) is 10.7. The van der Waals surface area contributed by atoms with Crippen molar-refractivity contribution in [2.75, 3.05) is 12.4 Å². The van der Waals surface area contributed by atoms with Crippen LogP contribution in [-0.4, -0.2) is 24.0 Å². The molecule has 0 saturated carbocycles. The molecule has 31 heavy (non-hydrogen) atoms. The lowest BCUT2D eigenvalue weighted by molar-refractivity contribution is -0.120. The maximum Gasteiger partial charge on any atom is 0.337 e. The second kappa shape index (κ2) is 10.7. The number of aromatic nitrogens is 1. The summed E-state index contributed by atoms with van der Waals surface area (Å²) < 4.78 is 10.7. The van der Waals surface area contributed by atoms with Crippen molar-refractivity contribution >= 4 is 28.3 Å². The number of para-hydroxylation sites is 1. The zero-order valence-electron chi connectivity index (χ0n) is 17.9. The molecular weight excluding hydrogens is 412 g/mol. The first-order valence-corrected chi connectivity index (χ1v) is 11.1. The van der Waals surface area contributed by atoms with Gasteiger partial charge in [-0.05, 0) is 42.7 Å². The Morgan fingerprint density at radius 2 is 1.77 bits per heavy atom. The zero-order valence-corrected chi connectivity index (χ0v) is 18.7. The standard InChI is InChI=1S/C24H26N2O4S/c1-4-17(5-2)22(27)26-24-25-20(15-31-24)19-8-6-7-9-21(19)30-14-16-10-12-18(13-11-16)23(28)29-3/h6-13,15,17H,4-5,14H2,1-3H3,(H,25,26,27). The number of carbonyl (C=O) groups excluding carboxylic acids is 2. The predicted octanol–water partition coefficient (Wildman–Crippen LogP) is 5.55. The number of nitrogens with one attached hydrogen (secondary N) is 1. The summed E-state index contributed by atoms with van der Waals surface area (Å²) in [7, 11) is 1.36. The van der Waals surface area contributed by atoms with E-state index in [0.29, 0.717) is 23.1 Å².